The van der Waals surface area contributed by atoms with Crippen molar-refractivity contribution in [2.24, 2.45) is 11.5 Å². The van der Waals surface area contributed by atoms with Crippen LogP contribution in [0.1, 0.15) is 22.7 Å². The topological polar surface area (TPSA) is 61.3 Å². The Kier molecular flexibility index (Phi) is 3.97. The van der Waals surface area contributed by atoms with Crippen molar-refractivity contribution in [2.75, 3.05) is 7.11 Å². The Hall–Kier alpha value is -1.84. The van der Waals surface area contributed by atoms with Crippen LogP contribution >= 0.6 is 0 Å². The molecule has 94 valence electrons. The van der Waals surface area contributed by atoms with Crippen molar-refractivity contribution in [1.29, 1.82) is 0 Å². The maximum Gasteiger partial charge on any atom is 0.118 e. The van der Waals surface area contributed by atoms with Crippen LogP contribution in [-0.4, -0.2) is 7.11 Å². The summed E-state index contributed by atoms with van der Waals surface area (Å²) in [6.07, 6.45) is 0. The van der Waals surface area contributed by atoms with Gasteiger partial charge in [-0.05, 0) is 28.8 Å². The molecule has 0 fully saturated rings. The molecule has 0 aliphatic rings. The van der Waals surface area contributed by atoms with E-state index < -0.39 is 0 Å². The first-order chi connectivity index (χ1) is 8.74. The average Bonchev–Trinajstić information content (AvgIpc) is 2.46. The smallest absolute Gasteiger partial charge is 0.118 e. The van der Waals surface area contributed by atoms with Gasteiger partial charge in [-0.1, -0.05) is 36.4 Å². The predicted molar refractivity (Wildman–Crippen MR) is 73.4 cm³/mol. The molecule has 0 aliphatic carbocycles. The van der Waals surface area contributed by atoms with Crippen LogP contribution in [0.5, 0.6) is 5.75 Å². The van der Waals surface area contributed by atoms with E-state index in [9.17, 15) is 0 Å². The van der Waals surface area contributed by atoms with Gasteiger partial charge in [-0.15, -0.1) is 0 Å². The van der Waals surface area contributed by atoms with Gasteiger partial charge in [0, 0.05) is 6.54 Å². The third-order valence-corrected chi connectivity index (χ3v) is 3.02. The summed E-state index contributed by atoms with van der Waals surface area (Å²) in [7, 11) is 1.65. The minimum atomic E-state index is -0.137. The summed E-state index contributed by atoms with van der Waals surface area (Å²) in [6.45, 7) is 0.531. The number of hydrogen-bond acceptors (Lipinski definition) is 3. The Morgan fingerprint density at radius 3 is 2.39 bits per heavy atom. The molecule has 1 atom stereocenters. The molecule has 0 heterocycles. The predicted octanol–water partition coefficient (Wildman–Crippen LogP) is 2.20. The Bertz CT molecular complexity index is 508. The second kappa shape index (κ2) is 5.67. The lowest BCUT2D eigenvalue weighted by molar-refractivity contribution is 0.414. The van der Waals surface area contributed by atoms with Crippen LogP contribution in [-0.2, 0) is 6.54 Å². The third-order valence-electron chi connectivity index (χ3n) is 3.02. The largest absolute Gasteiger partial charge is 0.497 e. The van der Waals surface area contributed by atoms with Crippen molar-refractivity contribution in [3.63, 3.8) is 0 Å². The number of methoxy groups -OCH3 is 1. The van der Waals surface area contributed by atoms with Gasteiger partial charge in [0.15, 0.2) is 0 Å². The molecule has 3 heteroatoms. The highest BCUT2D eigenvalue weighted by Gasteiger charge is 2.09. The molecule has 0 saturated heterocycles. The molecule has 0 spiro atoms. The fourth-order valence-electron chi connectivity index (χ4n) is 1.92. The zero-order valence-corrected chi connectivity index (χ0v) is 10.5. The van der Waals surface area contributed by atoms with Crippen molar-refractivity contribution in [3.05, 3.63) is 65.2 Å². The van der Waals surface area contributed by atoms with Crippen LogP contribution in [0.3, 0.4) is 0 Å². The SMILES string of the molecule is COc1ccc(C(N)c2cccc(CN)c2)cc1. The molecule has 0 radical (unpaired) electrons. The van der Waals surface area contributed by atoms with E-state index in [4.69, 9.17) is 16.2 Å². The van der Waals surface area contributed by atoms with Crippen LogP contribution < -0.4 is 16.2 Å². The Morgan fingerprint density at radius 1 is 1.06 bits per heavy atom. The van der Waals surface area contributed by atoms with Gasteiger partial charge in [0.05, 0.1) is 13.2 Å². The minimum absolute atomic E-state index is 0.137. The molecule has 2 aromatic carbocycles. The molecule has 18 heavy (non-hydrogen) atoms. The van der Waals surface area contributed by atoms with Crippen LogP contribution in [0.4, 0.5) is 0 Å². The lowest BCUT2D eigenvalue weighted by atomic mass is 9.98. The molecule has 0 aliphatic heterocycles. The molecule has 0 amide bonds. The average molecular weight is 242 g/mol. The van der Waals surface area contributed by atoms with Gasteiger partial charge in [-0.3, -0.25) is 0 Å². The maximum atomic E-state index is 6.25. The van der Waals surface area contributed by atoms with Crippen molar-refractivity contribution >= 4 is 0 Å². The molecule has 0 aromatic heterocycles. The van der Waals surface area contributed by atoms with E-state index in [-0.39, 0.29) is 6.04 Å². The van der Waals surface area contributed by atoms with E-state index in [0.717, 1.165) is 22.4 Å². The highest BCUT2D eigenvalue weighted by atomic mass is 16.5. The van der Waals surface area contributed by atoms with Gasteiger partial charge >= 0.3 is 0 Å². The molecule has 2 aromatic rings. The van der Waals surface area contributed by atoms with E-state index in [1.54, 1.807) is 7.11 Å². The standard InChI is InChI=1S/C15H18N2O/c1-18-14-7-5-12(6-8-14)15(17)13-4-2-3-11(9-13)10-16/h2-9,15H,10,16-17H2,1H3. The first-order valence-electron chi connectivity index (χ1n) is 5.93. The van der Waals surface area contributed by atoms with Gasteiger partial charge in [0.1, 0.15) is 5.75 Å². The minimum Gasteiger partial charge on any atom is -0.497 e. The summed E-state index contributed by atoms with van der Waals surface area (Å²) in [5.74, 6) is 0.835. The van der Waals surface area contributed by atoms with Gasteiger partial charge < -0.3 is 16.2 Å². The molecule has 4 N–H and O–H groups in total. The molecule has 0 bridgehead atoms. The quantitative estimate of drug-likeness (QED) is 0.864. The lowest BCUT2D eigenvalue weighted by Crippen LogP contribution is -2.12. The molecule has 0 saturated carbocycles. The number of ether oxygens (including phenoxy) is 1. The molecular weight excluding hydrogens is 224 g/mol. The zero-order chi connectivity index (χ0) is 13.0. The van der Waals surface area contributed by atoms with Gasteiger partial charge in [0.25, 0.3) is 0 Å². The molecule has 2 rings (SSSR count). The molecule has 1 unspecified atom stereocenters. The van der Waals surface area contributed by atoms with Crippen LogP contribution in [0, 0.1) is 0 Å². The fraction of sp³-hybridized carbons (Fsp3) is 0.200. The third kappa shape index (κ3) is 2.70. The van der Waals surface area contributed by atoms with Crippen LogP contribution in [0.2, 0.25) is 0 Å². The first-order valence-corrected chi connectivity index (χ1v) is 5.93. The van der Waals surface area contributed by atoms with E-state index >= 15 is 0 Å². The number of nitrogens with two attached hydrogens (primary N) is 2. The highest BCUT2D eigenvalue weighted by molar-refractivity contribution is 5.36. The molecular formula is C15H18N2O. The summed E-state index contributed by atoms with van der Waals surface area (Å²) < 4.78 is 5.13. The van der Waals surface area contributed by atoms with E-state index in [1.165, 1.54) is 0 Å². The summed E-state index contributed by atoms with van der Waals surface area (Å²) >= 11 is 0. The van der Waals surface area contributed by atoms with E-state index in [2.05, 4.69) is 6.07 Å². The van der Waals surface area contributed by atoms with Crippen molar-refractivity contribution in [1.82, 2.24) is 0 Å². The summed E-state index contributed by atoms with van der Waals surface area (Å²) in [5, 5.41) is 0. The number of benzene rings is 2. The Morgan fingerprint density at radius 2 is 1.78 bits per heavy atom. The fourth-order valence-corrected chi connectivity index (χ4v) is 1.92. The second-order valence-corrected chi connectivity index (χ2v) is 4.20. The Labute approximate surface area is 107 Å². The van der Waals surface area contributed by atoms with Gasteiger partial charge in [0.2, 0.25) is 0 Å². The monoisotopic (exact) mass is 242 g/mol. The van der Waals surface area contributed by atoms with Gasteiger partial charge in [-0.25, -0.2) is 0 Å². The van der Waals surface area contributed by atoms with E-state index in [1.807, 2.05) is 42.5 Å². The second-order valence-electron chi connectivity index (χ2n) is 4.20. The summed E-state index contributed by atoms with van der Waals surface area (Å²) in [6, 6.07) is 15.7. The maximum absolute atomic E-state index is 6.25. The van der Waals surface area contributed by atoms with Crippen LogP contribution in [0.15, 0.2) is 48.5 Å². The first kappa shape index (κ1) is 12.6. The van der Waals surface area contributed by atoms with E-state index in [0.29, 0.717) is 6.54 Å². The summed E-state index contributed by atoms with van der Waals surface area (Å²) in [4.78, 5) is 0. The zero-order valence-electron chi connectivity index (χ0n) is 10.5. The van der Waals surface area contributed by atoms with Crippen LogP contribution in [0.25, 0.3) is 0 Å². The van der Waals surface area contributed by atoms with Crippen molar-refractivity contribution in [3.8, 4) is 5.75 Å². The lowest BCUT2D eigenvalue weighted by Gasteiger charge is -2.14. The van der Waals surface area contributed by atoms with Gasteiger partial charge in [-0.2, -0.15) is 0 Å². The number of rotatable bonds is 4. The Balaban J connectivity index is 2.25. The number of hydrogen-bond donors (Lipinski definition) is 2. The van der Waals surface area contributed by atoms with Crippen molar-refractivity contribution in [2.45, 2.75) is 12.6 Å². The highest BCUT2D eigenvalue weighted by Crippen LogP contribution is 2.22. The summed E-state index contributed by atoms with van der Waals surface area (Å²) in [5.41, 5.74) is 15.1. The normalized spacial score (nSPS) is 12.2. The molecule has 3 nitrogen and oxygen atoms in total. The van der Waals surface area contributed by atoms with Crippen molar-refractivity contribution < 1.29 is 4.74 Å².